The molecule has 1 aromatic carbocycles. The van der Waals surface area contributed by atoms with Crippen LogP contribution >= 0.6 is 0 Å². The van der Waals surface area contributed by atoms with Gasteiger partial charge >= 0.3 is 0 Å². The fourth-order valence-corrected chi connectivity index (χ4v) is 1.93. The lowest BCUT2D eigenvalue weighted by Gasteiger charge is -2.10. The molecule has 0 bridgehead atoms. The Morgan fingerprint density at radius 3 is 2.39 bits per heavy atom. The predicted molar refractivity (Wildman–Crippen MR) is 70.2 cm³/mol. The molecule has 1 N–H and O–H groups in total. The van der Waals surface area contributed by atoms with E-state index in [1.807, 2.05) is 6.92 Å². The average Bonchev–Trinajstić information content (AvgIpc) is 2.71. The standard InChI is InChI=1S/C14H19N3O/c1-9-5-11(3)13(6-10(9)2)7-15-8-14-16-12(4)17-18-14/h5-6,15H,7-8H2,1-4H3. The molecule has 0 aliphatic rings. The molecule has 0 unspecified atom stereocenters. The second kappa shape index (κ2) is 5.31. The van der Waals surface area contributed by atoms with Crippen LogP contribution in [0.5, 0.6) is 0 Å². The van der Waals surface area contributed by atoms with Crippen LogP contribution in [0, 0.1) is 27.7 Å². The Labute approximate surface area is 107 Å². The third-order valence-electron chi connectivity index (χ3n) is 3.11. The SMILES string of the molecule is Cc1noc(CNCc2cc(C)c(C)cc2C)n1. The number of aromatic nitrogens is 2. The van der Waals surface area contributed by atoms with Crippen molar-refractivity contribution in [3.8, 4) is 0 Å². The molecule has 1 aromatic heterocycles. The highest BCUT2D eigenvalue weighted by molar-refractivity contribution is 5.36. The highest BCUT2D eigenvalue weighted by Gasteiger charge is 2.04. The summed E-state index contributed by atoms with van der Waals surface area (Å²) in [5.41, 5.74) is 5.29. The van der Waals surface area contributed by atoms with Gasteiger partial charge in [0.2, 0.25) is 5.89 Å². The zero-order valence-electron chi connectivity index (χ0n) is 11.4. The third-order valence-corrected chi connectivity index (χ3v) is 3.11. The number of hydrogen-bond acceptors (Lipinski definition) is 4. The lowest BCUT2D eigenvalue weighted by Crippen LogP contribution is -2.14. The molecule has 0 aliphatic heterocycles. The highest BCUT2D eigenvalue weighted by Crippen LogP contribution is 2.15. The molecular weight excluding hydrogens is 226 g/mol. The van der Waals surface area contributed by atoms with Gasteiger partial charge in [-0.25, -0.2) is 0 Å². The van der Waals surface area contributed by atoms with Gasteiger partial charge in [-0.05, 0) is 49.9 Å². The van der Waals surface area contributed by atoms with Crippen LogP contribution in [0.1, 0.15) is 34.0 Å². The molecule has 96 valence electrons. The second-order valence-electron chi connectivity index (χ2n) is 4.70. The first kappa shape index (κ1) is 12.8. The Balaban J connectivity index is 1.96. The van der Waals surface area contributed by atoms with Crippen LogP contribution in [0.25, 0.3) is 0 Å². The minimum atomic E-state index is 0.604. The zero-order chi connectivity index (χ0) is 13.1. The van der Waals surface area contributed by atoms with Crippen molar-refractivity contribution in [1.82, 2.24) is 15.5 Å². The second-order valence-corrected chi connectivity index (χ2v) is 4.70. The van der Waals surface area contributed by atoms with Crippen molar-refractivity contribution < 1.29 is 4.52 Å². The Morgan fingerprint density at radius 1 is 1.00 bits per heavy atom. The molecule has 0 atom stereocenters. The topological polar surface area (TPSA) is 51.0 Å². The maximum absolute atomic E-state index is 5.05. The van der Waals surface area contributed by atoms with Gasteiger partial charge in [-0.15, -0.1) is 0 Å². The summed E-state index contributed by atoms with van der Waals surface area (Å²) in [5, 5.41) is 7.08. The summed E-state index contributed by atoms with van der Waals surface area (Å²) in [7, 11) is 0. The Hall–Kier alpha value is -1.68. The molecule has 18 heavy (non-hydrogen) atoms. The molecule has 2 aromatic rings. The molecule has 4 nitrogen and oxygen atoms in total. The molecule has 0 fully saturated rings. The average molecular weight is 245 g/mol. The summed E-state index contributed by atoms with van der Waals surface area (Å²) >= 11 is 0. The first-order chi connectivity index (χ1) is 8.56. The lowest BCUT2D eigenvalue weighted by molar-refractivity contribution is 0.364. The first-order valence-electron chi connectivity index (χ1n) is 6.13. The van der Waals surface area contributed by atoms with Crippen LogP contribution in [-0.4, -0.2) is 10.1 Å². The van der Waals surface area contributed by atoms with E-state index in [2.05, 4.69) is 48.4 Å². The largest absolute Gasteiger partial charge is 0.338 e. The summed E-state index contributed by atoms with van der Waals surface area (Å²) < 4.78 is 5.05. The molecular formula is C14H19N3O. The van der Waals surface area contributed by atoms with Gasteiger partial charge < -0.3 is 9.84 Å². The monoisotopic (exact) mass is 245 g/mol. The number of nitrogens with zero attached hydrogens (tertiary/aromatic N) is 2. The van der Waals surface area contributed by atoms with Crippen molar-refractivity contribution in [1.29, 1.82) is 0 Å². The van der Waals surface area contributed by atoms with Crippen LogP contribution in [0.4, 0.5) is 0 Å². The summed E-state index contributed by atoms with van der Waals surface area (Å²) in [6.45, 7) is 9.66. The van der Waals surface area contributed by atoms with Crippen molar-refractivity contribution in [2.45, 2.75) is 40.8 Å². The zero-order valence-corrected chi connectivity index (χ0v) is 11.4. The molecule has 0 amide bonds. The molecule has 0 spiro atoms. The Bertz CT molecular complexity index is 546. The minimum absolute atomic E-state index is 0.604. The molecule has 0 saturated heterocycles. The van der Waals surface area contributed by atoms with E-state index in [1.165, 1.54) is 22.3 Å². The summed E-state index contributed by atoms with van der Waals surface area (Å²) in [4.78, 5) is 4.16. The van der Waals surface area contributed by atoms with Gasteiger partial charge in [0.25, 0.3) is 0 Å². The van der Waals surface area contributed by atoms with Crippen molar-refractivity contribution in [3.63, 3.8) is 0 Å². The smallest absolute Gasteiger partial charge is 0.240 e. The predicted octanol–water partition coefficient (Wildman–Crippen LogP) is 2.59. The van der Waals surface area contributed by atoms with Crippen LogP contribution < -0.4 is 5.32 Å². The maximum atomic E-state index is 5.05. The van der Waals surface area contributed by atoms with E-state index in [-0.39, 0.29) is 0 Å². The van der Waals surface area contributed by atoms with E-state index in [1.54, 1.807) is 0 Å². The van der Waals surface area contributed by atoms with Crippen molar-refractivity contribution in [2.24, 2.45) is 0 Å². The van der Waals surface area contributed by atoms with Gasteiger partial charge in [0.1, 0.15) is 0 Å². The highest BCUT2D eigenvalue weighted by atomic mass is 16.5. The van der Waals surface area contributed by atoms with Crippen LogP contribution in [0.3, 0.4) is 0 Å². The number of aryl methyl sites for hydroxylation is 4. The van der Waals surface area contributed by atoms with Gasteiger partial charge in [0, 0.05) is 6.54 Å². The molecule has 4 heteroatoms. The minimum Gasteiger partial charge on any atom is -0.338 e. The van der Waals surface area contributed by atoms with Gasteiger partial charge in [-0.1, -0.05) is 17.3 Å². The van der Waals surface area contributed by atoms with Crippen LogP contribution in [0.2, 0.25) is 0 Å². The fourth-order valence-electron chi connectivity index (χ4n) is 1.93. The molecule has 1 heterocycles. The number of benzene rings is 1. The Morgan fingerprint density at radius 2 is 1.72 bits per heavy atom. The van der Waals surface area contributed by atoms with Gasteiger partial charge in [0.15, 0.2) is 5.82 Å². The maximum Gasteiger partial charge on any atom is 0.240 e. The van der Waals surface area contributed by atoms with Crippen LogP contribution in [-0.2, 0) is 13.1 Å². The molecule has 2 rings (SSSR count). The first-order valence-corrected chi connectivity index (χ1v) is 6.13. The van der Waals surface area contributed by atoms with Crippen LogP contribution in [0.15, 0.2) is 16.7 Å². The fraction of sp³-hybridized carbons (Fsp3) is 0.429. The molecule has 0 radical (unpaired) electrons. The summed E-state index contributed by atoms with van der Waals surface area (Å²) in [6.07, 6.45) is 0. The lowest BCUT2D eigenvalue weighted by atomic mass is 10.0. The van der Waals surface area contributed by atoms with E-state index < -0.39 is 0 Å². The number of hydrogen-bond donors (Lipinski definition) is 1. The quantitative estimate of drug-likeness (QED) is 0.899. The number of nitrogens with one attached hydrogen (secondary N) is 1. The van der Waals surface area contributed by atoms with E-state index >= 15 is 0 Å². The van der Waals surface area contributed by atoms with Gasteiger partial charge in [0.05, 0.1) is 6.54 Å². The molecule has 0 saturated carbocycles. The third kappa shape index (κ3) is 2.96. The van der Waals surface area contributed by atoms with Crippen molar-refractivity contribution in [2.75, 3.05) is 0 Å². The van der Waals surface area contributed by atoms with E-state index in [4.69, 9.17) is 4.52 Å². The summed E-state index contributed by atoms with van der Waals surface area (Å²) in [6, 6.07) is 4.46. The van der Waals surface area contributed by atoms with Gasteiger partial charge in [-0.2, -0.15) is 4.98 Å². The van der Waals surface area contributed by atoms with Crippen molar-refractivity contribution in [3.05, 3.63) is 46.1 Å². The normalized spacial score (nSPS) is 10.9. The summed E-state index contributed by atoms with van der Waals surface area (Å²) in [5.74, 6) is 1.31. The van der Waals surface area contributed by atoms with Crippen molar-refractivity contribution >= 4 is 0 Å². The van der Waals surface area contributed by atoms with Gasteiger partial charge in [-0.3, -0.25) is 0 Å². The number of rotatable bonds is 4. The van der Waals surface area contributed by atoms with E-state index in [0.29, 0.717) is 18.3 Å². The molecule has 0 aliphatic carbocycles. The van der Waals surface area contributed by atoms with E-state index in [9.17, 15) is 0 Å². The van der Waals surface area contributed by atoms with E-state index in [0.717, 1.165) is 6.54 Å². The Kier molecular flexibility index (Phi) is 3.77.